The molecule has 1 saturated heterocycles. The second-order valence-corrected chi connectivity index (χ2v) is 7.76. The molecule has 1 aliphatic heterocycles. The van der Waals surface area contributed by atoms with E-state index in [1.807, 2.05) is 56.1 Å². The molecule has 0 unspecified atom stereocenters. The van der Waals surface area contributed by atoms with E-state index in [-0.39, 0.29) is 5.82 Å². The molecule has 2 aromatic rings. The Balaban J connectivity index is 1.82. The van der Waals surface area contributed by atoms with Crippen LogP contribution in [0.5, 0.6) is 0 Å². The molecule has 0 bridgehead atoms. The highest BCUT2D eigenvalue weighted by molar-refractivity contribution is 9.10. The first-order valence-electron chi connectivity index (χ1n) is 8.95. The second-order valence-electron chi connectivity index (χ2n) is 6.84. The molecule has 1 aliphatic rings. The third-order valence-corrected chi connectivity index (χ3v) is 5.24. The molecular formula is C21H24BrFN2O2. The average Bonchev–Trinajstić information content (AvgIpc) is 2.61. The summed E-state index contributed by atoms with van der Waals surface area (Å²) in [7, 11) is 1.93. The van der Waals surface area contributed by atoms with Crippen molar-refractivity contribution >= 4 is 28.0 Å². The van der Waals surface area contributed by atoms with E-state index in [4.69, 9.17) is 9.47 Å². The van der Waals surface area contributed by atoms with Crippen LogP contribution in [0.1, 0.15) is 23.6 Å². The Morgan fingerprint density at radius 3 is 2.74 bits per heavy atom. The minimum atomic E-state index is -0.750. The third-order valence-electron chi connectivity index (χ3n) is 4.74. The lowest BCUT2D eigenvalue weighted by Gasteiger charge is -2.42. The SMILES string of the molecule is CCN(C)C=Nc1cc(F)c(C2(OCc3cccc(Br)c3)COC2)cc1C. The molecule has 0 N–H and O–H groups in total. The van der Waals surface area contributed by atoms with Crippen molar-refractivity contribution in [2.45, 2.75) is 26.1 Å². The zero-order chi connectivity index (χ0) is 19.4. The summed E-state index contributed by atoms with van der Waals surface area (Å²) in [5, 5.41) is 0. The van der Waals surface area contributed by atoms with Crippen LogP contribution in [-0.4, -0.2) is 38.0 Å². The molecule has 0 radical (unpaired) electrons. The summed E-state index contributed by atoms with van der Waals surface area (Å²) >= 11 is 3.46. The highest BCUT2D eigenvalue weighted by atomic mass is 79.9. The van der Waals surface area contributed by atoms with E-state index in [9.17, 15) is 4.39 Å². The Kier molecular flexibility index (Phi) is 6.29. The van der Waals surface area contributed by atoms with Crippen LogP contribution in [0.25, 0.3) is 0 Å². The quantitative estimate of drug-likeness (QED) is 0.456. The fourth-order valence-corrected chi connectivity index (χ4v) is 3.30. The minimum absolute atomic E-state index is 0.315. The van der Waals surface area contributed by atoms with Crippen LogP contribution in [0.15, 0.2) is 45.9 Å². The zero-order valence-electron chi connectivity index (χ0n) is 15.8. The maximum atomic E-state index is 14.9. The second kappa shape index (κ2) is 8.50. The summed E-state index contributed by atoms with van der Waals surface area (Å²) in [6, 6.07) is 11.2. The van der Waals surface area contributed by atoms with Gasteiger partial charge in [-0.2, -0.15) is 0 Å². The average molecular weight is 435 g/mol. The van der Waals surface area contributed by atoms with Crippen molar-refractivity contribution in [3.05, 3.63) is 63.4 Å². The van der Waals surface area contributed by atoms with E-state index in [1.54, 1.807) is 6.34 Å². The molecule has 0 aromatic heterocycles. The predicted octanol–water partition coefficient (Wildman–Crippen LogP) is 4.95. The van der Waals surface area contributed by atoms with Crippen LogP contribution >= 0.6 is 15.9 Å². The van der Waals surface area contributed by atoms with Gasteiger partial charge < -0.3 is 14.4 Å². The van der Waals surface area contributed by atoms with Gasteiger partial charge in [0.2, 0.25) is 0 Å². The first-order valence-corrected chi connectivity index (χ1v) is 9.74. The van der Waals surface area contributed by atoms with Gasteiger partial charge >= 0.3 is 0 Å². The topological polar surface area (TPSA) is 34.1 Å². The van der Waals surface area contributed by atoms with E-state index in [0.717, 1.165) is 22.1 Å². The maximum Gasteiger partial charge on any atom is 0.143 e. The van der Waals surface area contributed by atoms with Gasteiger partial charge in [0.1, 0.15) is 11.4 Å². The lowest BCUT2D eigenvalue weighted by molar-refractivity contribution is -0.224. The standard InChI is InChI=1S/C21H24BrFN2O2/c1-4-25(3)14-24-20-10-19(23)18(8-15(20)2)21(12-26-13-21)27-11-16-6-5-7-17(22)9-16/h5-10,14H,4,11-13H2,1-3H3. The van der Waals surface area contributed by atoms with Gasteiger partial charge in [-0.3, -0.25) is 0 Å². The van der Waals surface area contributed by atoms with Gasteiger partial charge in [-0.05, 0) is 43.2 Å². The van der Waals surface area contributed by atoms with Gasteiger partial charge in [0, 0.05) is 29.7 Å². The summed E-state index contributed by atoms with van der Waals surface area (Å²) < 4.78 is 27.4. The molecule has 6 heteroatoms. The Labute approximate surface area is 168 Å². The number of rotatable bonds is 7. The number of nitrogens with zero attached hydrogens (tertiary/aromatic N) is 2. The van der Waals surface area contributed by atoms with Crippen LogP contribution < -0.4 is 0 Å². The van der Waals surface area contributed by atoms with Crippen LogP contribution in [0, 0.1) is 12.7 Å². The summed E-state index contributed by atoms with van der Waals surface area (Å²) in [5.74, 6) is -0.315. The number of ether oxygens (including phenoxy) is 2. The van der Waals surface area contributed by atoms with E-state index in [2.05, 4.69) is 20.9 Å². The van der Waals surface area contributed by atoms with Crippen molar-refractivity contribution in [2.75, 3.05) is 26.8 Å². The smallest absolute Gasteiger partial charge is 0.143 e. The van der Waals surface area contributed by atoms with Crippen molar-refractivity contribution in [1.29, 1.82) is 0 Å². The van der Waals surface area contributed by atoms with Gasteiger partial charge in [-0.1, -0.05) is 28.1 Å². The fourth-order valence-electron chi connectivity index (χ4n) is 2.85. The van der Waals surface area contributed by atoms with Gasteiger partial charge in [0.25, 0.3) is 0 Å². The number of hydrogen-bond donors (Lipinski definition) is 0. The van der Waals surface area contributed by atoms with Crippen LogP contribution in [0.4, 0.5) is 10.1 Å². The van der Waals surface area contributed by atoms with Crippen molar-refractivity contribution < 1.29 is 13.9 Å². The third kappa shape index (κ3) is 4.57. The monoisotopic (exact) mass is 434 g/mol. The van der Waals surface area contributed by atoms with Gasteiger partial charge in [-0.25, -0.2) is 9.38 Å². The predicted molar refractivity (Wildman–Crippen MR) is 109 cm³/mol. The number of hydrogen-bond acceptors (Lipinski definition) is 3. The Bertz CT molecular complexity index is 837. The van der Waals surface area contributed by atoms with Gasteiger partial charge in [0.15, 0.2) is 0 Å². The first-order chi connectivity index (χ1) is 12.9. The minimum Gasteiger partial charge on any atom is -0.375 e. The normalized spacial score (nSPS) is 15.7. The molecule has 0 amide bonds. The highest BCUT2D eigenvalue weighted by Gasteiger charge is 2.44. The van der Waals surface area contributed by atoms with Crippen molar-refractivity contribution in [3.8, 4) is 0 Å². The van der Waals surface area contributed by atoms with E-state index in [1.165, 1.54) is 6.07 Å². The fraction of sp³-hybridized carbons (Fsp3) is 0.381. The Hall–Kier alpha value is -1.76. The summed E-state index contributed by atoms with van der Waals surface area (Å²) in [6.45, 7) is 5.89. The molecule has 27 heavy (non-hydrogen) atoms. The molecule has 0 saturated carbocycles. The van der Waals surface area contributed by atoms with Crippen LogP contribution in [0.2, 0.25) is 0 Å². The molecule has 1 fully saturated rings. The van der Waals surface area contributed by atoms with Crippen molar-refractivity contribution in [2.24, 2.45) is 4.99 Å². The van der Waals surface area contributed by atoms with Crippen molar-refractivity contribution in [1.82, 2.24) is 4.90 Å². The molecule has 0 atom stereocenters. The number of aliphatic imine (C=N–C) groups is 1. The van der Waals surface area contributed by atoms with Crippen LogP contribution in [-0.2, 0) is 21.7 Å². The molecule has 144 valence electrons. The highest BCUT2D eigenvalue weighted by Crippen LogP contribution is 2.38. The molecular weight excluding hydrogens is 411 g/mol. The summed E-state index contributed by atoms with van der Waals surface area (Å²) in [5.41, 5.74) is 2.34. The summed E-state index contributed by atoms with van der Waals surface area (Å²) in [6.07, 6.45) is 1.72. The number of aryl methyl sites for hydroxylation is 1. The molecule has 2 aromatic carbocycles. The van der Waals surface area contributed by atoms with E-state index >= 15 is 0 Å². The van der Waals surface area contributed by atoms with E-state index < -0.39 is 5.60 Å². The molecule has 1 heterocycles. The maximum absolute atomic E-state index is 14.9. The van der Waals surface area contributed by atoms with Crippen LogP contribution in [0.3, 0.4) is 0 Å². The van der Waals surface area contributed by atoms with Gasteiger partial charge in [0.05, 0.1) is 31.8 Å². The number of halogens is 2. The molecule has 3 rings (SSSR count). The zero-order valence-corrected chi connectivity index (χ0v) is 17.4. The van der Waals surface area contributed by atoms with E-state index in [0.29, 0.717) is 31.1 Å². The van der Waals surface area contributed by atoms with Gasteiger partial charge in [-0.15, -0.1) is 0 Å². The summed E-state index contributed by atoms with van der Waals surface area (Å²) in [4.78, 5) is 6.33. The Morgan fingerprint density at radius 1 is 1.33 bits per heavy atom. The molecule has 0 spiro atoms. The van der Waals surface area contributed by atoms with Crippen molar-refractivity contribution in [3.63, 3.8) is 0 Å². The first kappa shape index (κ1) is 20.0. The lowest BCUT2D eigenvalue weighted by atomic mass is 9.89. The largest absolute Gasteiger partial charge is 0.375 e. The number of benzene rings is 2. The lowest BCUT2D eigenvalue weighted by Crippen LogP contribution is -2.49. The molecule has 4 nitrogen and oxygen atoms in total. The Morgan fingerprint density at radius 2 is 2.11 bits per heavy atom. The molecule has 0 aliphatic carbocycles.